The van der Waals surface area contributed by atoms with Crippen LogP contribution in [0.25, 0.3) is 71.7 Å². The summed E-state index contributed by atoms with van der Waals surface area (Å²) >= 11 is 0. The SMILES string of the molecule is c1ccc(-n2c3ccccc3c3cc(N(c4ccc5c(c4)C4(c6ccccc6-c6ccccc64)c4ccccc4-5)c4ccc5c(c4)oc4ccccc45)ccc32)cc1. The molecule has 9 aromatic carbocycles. The molecular formula is C55H34N2O. The van der Waals surface area contributed by atoms with Crippen molar-refractivity contribution in [2.45, 2.75) is 5.41 Å². The molecule has 0 bridgehead atoms. The highest BCUT2D eigenvalue weighted by Crippen LogP contribution is 2.63. The number of aromatic nitrogens is 1. The van der Waals surface area contributed by atoms with Gasteiger partial charge in [-0.1, -0.05) is 133 Å². The van der Waals surface area contributed by atoms with E-state index in [-0.39, 0.29) is 0 Å². The van der Waals surface area contributed by atoms with Crippen molar-refractivity contribution in [2.75, 3.05) is 4.90 Å². The lowest BCUT2D eigenvalue weighted by molar-refractivity contribution is 0.669. The molecule has 270 valence electrons. The molecule has 13 rings (SSSR count). The highest BCUT2D eigenvalue weighted by Gasteiger charge is 2.51. The van der Waals surface area contributed by atoms with Crippen molar-refractivity contribution >= 4 is 60.8 Å². The standard InChI is InChI=1S/C55H34N2O/c1-2-14-35(15-3-1)57-51-24-12-7-19-43(51)46-32-36(28-31-52(46)57)56(38-27-30-45-44-20-8-13-25-53(44)58-54(45)34-38)37-26-29-42-41-18-6-11-23-49(41)55(50(42)33-37)47-21-9-4-16-39(47)40-17-5-10-22-48(40)55/h1-34H. The summed E-state index contributed by atoms with van der Waals surface area (Å²) in [6.07, 6.45) is 0. The minimum atomic E-state index is -0.448. The lowest BCUT2D eigenvalue weighted by Gasteiger charge is -2.32. The second-order valence-corrected chi connectivity index (χ2v) is 15.6. The summed E-state index contributed by atoms with van der Waals surface area (Å²) in [5.74, 6) is 0. The van der Waals surface area contributed by atoms with Gasteiger partial charge in [-0.3, -0.25) is 0 Å². The zero-order valence-electron chi connectivity index (χ0n) is 31.4. The Hall–Kier alpha value is -7.62. The van der Waals surface area contributed by atoms with Crippen LogP contribution in [0.1, 0.15) is 22.3 Å². The highest BCUT2D eigenvalue weighted by atomic mass is 16.3. The molecule has 0 radical (unpaired) electrons. The van der Waals surface area contributed by atoms with Gasteiger partial charge < -0.3 is 13.9 Å². The fraction of sp³-hybridized carbons (Fsp3) is 0.0182. The molecule has 2 heterocycles. The van der Waals surface area contributed by atoms with E-state index in [1.807, 2.05) is 6.07 Å². The molecular weight excluding hydrogens is 705 g/mol. The average Bonchev–Trinajstić information content (AvgIpc) is 4.00. The van der Waals surface area contributed by atoms with Gasteiger partial charge in [0.15, 0.2) is 0 Å². The van der Waals surface area contributed by atoms with E-state index in [0.717, 1.165) is 44.7 Å². The average molecular weight is 739 g/mol. The van der Waals surface area contributed by atoms with Crippen molar-refractivity contribution in [3.05, 3.63) is 229 Å². The van der Waals surface area contributed by atoms with Gasteiger partial charge in [-0.2, -0.15) is 0 Å². The normalized spacial score (nSPS) is 13.3. The number of nitrogens with zero attached hydrogens (tertiary/aromatic N) is 2. The number of furan rings is 1. The van der Waals surface area contributed by atoms with Gasteiger partial charge in [0.2, 0.25) is 0 Å². The van der Waals surface area contributed by atoms with Gasteiger partial charge in [0.1, 0.15) is 11.2 Å². The van der Waals surface area contributed by atoms with Gasteiger partial charge in [0.05, 0.1) is 16.4 Å². The molecule has 3 heteroatoms. The lowest BCUT2D eigenvalue weighted by atomic mass is 9.70. The Morgan fingerprint density at radius 1 is 0.345 bits per heavy atom. The molecule has 1 spiro atoms. The minimum absolute atomic E-state index is 0.448. The summed E-state index contributed by atoms with van der Waals surface area (Å²) in [5, 5.41) is 4.67. The van der Waals surface area contributed by atoms with Crippen molar-refractivity contribution < 1.29 is 4.42 Å². The summed E-state index contributed by atoms with van der Waals surface area (Å²) in [5.41, 5.74) is 18.5. The van der Waals surface area contributed by atoms with Gasteiger partial charge in [-0.05, 0) is 111 Å². The predicted octanol–water partition coefficient (Wildman–Crippen LogP) is 14.5. The van der Waals surface area contributed by atoms with Crippen LogP contribution in [0, 0.1) is 0 Å². The number of hydrogen-bond acceptors (Lipinski definition) is 2. The van der Waals surface area contributed by atoms with Crippen molar-refractivity contribution in [1.82, 2.24) is 4.57 Å². The van der Waals surface area contributed by atoms with Crippen LogP contribution in [0.15, 0.2) is 211 Å². The highest BCUT2D eigenvalue weighted by molar-refractivity contribution is 6.11. The predicted molar refractivity (Wildman–Crippen MR) is 239 cm³/mol. The third-order valence-electron chi connectivity index (χ3n) is 12.8. The fourth-order valence-electron chi connectivity index (χ4n) is 10.5. The number of hydrogen-bond donors (Lipinski definition) is 0. The second kappa shape index (κ2) is 11.7. The van der Waals surface area contributed by atoms with E-state index >= 15 is 0 Å². The Morgan fingerprint density at radius 3 is 1.60 bits per heavy atom. The molecule has 0 saturated carbocycles. The van der Waals surface area contributed by atoms with Crippen molar-refractivity contribution in [3.8, 4) is 27.9 Å². The van der Waals surface area contributed by atoms with Crippen LogP contribution in [0.4, 0.5) is 17.1 Å². The maximum absolute atomic E-state index is 6.54. The van der Waals surface area contributed by atoms with Crippen molar-refractivity contribution in [1.29, 1.82) is 0 Å². The number of fused-ring (bicyclic) bond motifs is 16. The maximum Gasteiger partial charge on any atom is 0.137 e. The molecule has 0 amide bonds. The van der Waals surface area contributed by atoms with Crippen LogP contribution in [-0.4, -0.2) is 4.57 Å². The van der Waals surface area contributed by atoms with Crippen LogP contribution in [0.3, 0.4) is 0 Å². The molecule has 0 unspecified atom stereocenters. The first-order valence-corrected chi connectivity index (χ1v) is 20.0. The van der Waals surface area contributed by atoms with E-state index in [4.69, 9.17) is 4.42 Å². The summed E-state index contributed by atoms with van der Waals surface area (Å²) in [6.45, 7) is 0. The molecule has 58 heavy (non-hydrogen) atoms. The molecule has 0 saturated heterocycles. The second-order valence-electron chi connectivity index (χ2n) is 15.6. The smallest absolute Gasteiger partial charge is 0.137 e. The van der Waals surface area contributed by atoms with Crippen molar-refractivity contribution in [2.24, 2.45) is 0 Å². The fourth-order valence-corrected chi connectivity index (χ4v) is 10.5. The van der Waals surface area contributed by atoms with Gasteiger partial charge in [0.25, 0.3) is 0 Å². The van der Waals surface area contributed by atoms with Crippen LogP contribution >= 0.6 is 0 Å². The molecule has 3 nitrogen and oxygen atoms in total. The summed E-state index contributed by atoms with van der Waals surface area (Å²) in [7, 11) is 0. The van der Waals surface area contributed by atoms with E-state index in [2.05, 4.69) is 210 Å². The van der Waals surface area contributed by atoms with Crippen LogP contribution in [0.2, 0.25) is 0 Å². The summed E-state index contributed by atoms with van der Waals surface area (Å²) < 4.78 is 8.92. The third kappa shape index (κ3) is 4.12. The Labute approximate surface area is 335 Å². The zero-order valence-corrected chi connectivity index (χ0v) is 31.4. The van der Waals surface area contributed by atoms with Crippen LogP contribution < -0.4 is 4.90 Å². The zero-order chi connectivity index (χ0) is 38.0. The van der Waals surface area contributed by atoms with E-state index in [1.165, 1.54) is 66.3 Å². The number of anilines is 3. The number of rotatable bonds is 4. The van der Waals surface area contributed by atoms with E-state index in [0.29, 0.717) is 0 Å². The number of para-hydroxylation sites is 3. The summed E-state index contributed by atoms with van der Waals surface area (Å²) in [6, 6.07) is 75.6. The van der Waals surface area contributed by atoms with Gasteiger partial charge in [0, 0.05) is 50.4 Å². The van der Waals surface area contributed by atoms with E-state index in [9.17, 15) is 0 Å². The Balaban J connectivity index is 1.09. The molecule has 11 aromatic rings. The molecule has 2 aliphatic carbocycles. The minimum Gasteiger partial charge on any atom is -0.456 e. The maximum atomic E-state index is 6.54. The van der Waals surface area contributed by atoms with E-state index in [1.54, 1.807) is 0 Å². The Kier molecular flexibility index (Phi) is 6.37. The third-order valence-corrected chi connectivity index (χ3v) is 12.8. The Morgan fingerprint density at radius 2 is 0.862 bits per heavy atom. The lowest BCUT2D eigenvalue weighted by Crippen LogP contribution is -2.26. The Bertz CT molecular complexity index is 3420. The molecule has 0 fully saturated rings. The van der Waals surface area contributed by atoms with Crippen LogP contribution in [0.5, 0.6) is 0 Å². The molecule has 0 N–H and O–H groups in total. The van der Waals surface area contributed by atoms with Crippen molar-refractivity contribution in [3.63, 3.8) is 0 Å². The van der Waals surface area contributed by atoms with Gasteiger partial charge >= 0.3 is 0 Å². The van der Waals surface area contributed by atoms with Gasteiger partial charge in [-0.25, -0.2) is 0 Å². The molecule has 2 aliphatic rings. The number of benzene rings is 9. The van der Waals surface area contributed by atoms with Crippen LogP contribution in [-0.2, 0) is 5.41 Å². The largest absolute Gasteiger partial charge is 0.456 e. The molecule has 2 aromatic heterocycles. The molecule has 0 aliphatic heterocycles. The first-order valence-electron chi connectivity index (χ1n) is 20.0. The quantitative estimate of drug-likeness (QED) is 0.179. The first kappa shape index (κ1) is 31.6. The topological polar surface area (TPSA) is 21.3 Å². The van der Waals surface area contributed by atoms with Gasteiger partial charge in [-0.15, -0.1) is 0 Å². The monoisotopic (exact) mass is 738 g/mol. The summed E-state index contributed by atoms with van der Waals surface area (Å²) in [4.78, 5) is 2.42. The first-order chi connectivity index (χ1) is 28.8. The van der Waals surface area contributed by atoms with E-state index < -0.39 is 5.41 Å². The molecule has 0 atom stereocenters.